The zero-order chi connectivity index (χ0) is 9.26. The van der Waals surface area contributed by atoms with Gasteiger partial charge < -0.3 is 4.90 Å². The Labute approximate surface area is 86.4 Å². The highest BCUT2D eigenvalue weighted by atomic mass is 79.9. The van der Waals surface area contributed by atoms with E-state index in [-0.39, 0.29) is 0 Å². The first-order valence-corrected chi connectivity index (χ1v) is 5.11. The number of aliphatic imine (C=N–C) groups is 1. The fourth-order valence-electron chi connectivity index (χ4n) is 1.52. The van der Waals surface area contributed by atoms with Crippen molar-refractivity contribution in [2.24, 2.45) is 4.99 Å². The highest BCUT2D eigenvalue weighted by molar-refractivity contribution is 9.10. The maximum absolute atomic E-state index is 4.35. The van der Waals surface area contributed by atoms with Crippen LogP contribution in [0.4, 0.5) is 5.69 Å². The van der Waals surface area contributed by atoms with Gasteiger partial charge in [0.1, 0.15) is 5.84 Å². The van der Waals surface area contributed by atoms with Crippen LogP contribution in [-0.4, -0.2) is 18.9 Å². The summed E-state index contributed by atoms with van der Waals surface area (Å²) < 4.78 is 1.12. The van der Waals surface area contributed by atoms with Crippen LogP contribution >= 0.6 is 15.9 Å². The zero-order valence-electron chi connectivity index (χ0n) is 7.50. The van der Waals surface area contributed by atoms with Crippen LogP contribution in [0.5, 0.6) is 0 Å². The SMILES string of the molecule is CC1=NCCN1c1cccc(Br)c1. The number of hydrogen-bond donors (Lipinski definition) is 0. The Morgan fingerprint density at radius 3 is 2.92 bits per heavy atom. The molecule has 1 aromatic carbocycles. The molecule has 0 radical (unpaired) electrons. The number of halogens is 1. The number of hydrogen-bond acceptors (Lipinski definition) is 2. The lowest BCUT2D eigenvalue weighted by Gasteiger charge is -2.18. The standard InChI is InChI=1S/C10H11BrN2/c1-8-12-5-6-13(8)10-4-2-3-9(11)7-10/h2-4,7H,5-6H2,1H3. The predicted octanol–water partition coefficient (Wildman–Crippen LogP) is 2.69. The molecule has 0 atom stereocenters. The van der Waals surface area contributed by atoms with Crippen LogP contribution < -0.4 is 4.90 Å². The summed E-state index contributed by atoms with van der Waals surface area (Å²) in [6.45, 7) is 3.97. The molecule has 1 aromatic rings. The van der Waals surface area contributed by atoms with Crippen LogP contribution in [0.2, 0.25) is 0 Å². The zero-order valence-corrected chi connectivity index (χ0v) is 9.08. The molecule has 3 heteroatoms. The van der Waals surface area contributed by atoms with Gasteiger partial charge in [0, 0.05) is 16.7 Å². The van der Waals surface area contributed by atoms with E-state index in [0.29, 0.717) is 0 Å². The first kappa shape index (κ1) is 8.75. The number of rotatable bonds is 1. The van der Waals surface area contributed by atoms with E-state index in [0.717, 1.165) is 23.4 Å². The molecular weight excluding hydrogens is 228 g/mol. The topological polar surface area (TPSA) is 15.6 Å². The second-order valence-corrected chi connectivity index (χ2v) is 3.98. The van der Waals surface area contributed by atoms with Crippen molar-refractivity contribution in [2.75, 3.05) is 18.0 Å². The molecule has 2 nitrogen and oxygen atoms in total. The van der Waals surface area contributed by atoms with E-state index < -0.39 is 0 Å². The van der Waals surface area contributed by atoms with E-state index in [1.165, 1.54) is 5.69 Å². The molecule has 68 valence electrons. The van der Waals surface area contributed by atoms with Gasteiger partial charge in [0.2, 0.25) is 0 Å². The Morgan fingerprint density at radius 1 is 1.46 bits per heavy atom. The van der Waals surface area contributed by atoms with Crippen molar-refractivity contribution in [1.29, 1.82) is 0 Å². The van der Waals surface area contributed by atoms with Crippen LogP contribution in [-0.2, 0) is 0 Å². The molecule has 0 unspecified atom stereocenters. The lowest BCUT2D eigenvalue weighted by atomic mass is 10.3. The molecule has 0 fully saturated rings. The minimum Gasteiger partial charge on any atom is -0.329 e. The summed E-state index contributed by atoms with van der Waals surface area (Å²) in [5.41, 5.74) is 1.22. The smallest absolute Gasteiger partial charge is 0.100 e. The van der Waals surface area contributed by atoms with Crippen LogP contribution in [0.3, 0.4) is 0 Å². The normalized spacial score (nSPS) is 16.2. The lowest BCUT2D eigenvalue weighted by Crippen LogP contribution is -2.24. The largest absolute Gasteiger partial charge is 0.329 e. The van der Waals surface area contributed by atoms with E-state index in [9.17, 15) is 0 Å². The third-order valence-corrected chi connectivity index (χ3v) is 2.67. The maximum Gasteiger partial charge on any atom is 0.100 e. The molecule has 0 saturated carbocycles. The van der Waals surface area contributed by atoms with E-state index in [1.54, 1.807) is 0 Å². The molecule has 0 aliphatic carbocycles. The molecule has 0 spiro atoms. The molecule has 1 aliphatic heterocycles. The molecule has 2 rings (SSSR count). The van der Waals surface area contributed by atoms with E-state index >= 15 is 0 Å². The van der Waals surface area contributed by atoms with Crippen molar-refractivity contribution < 1.29 is 0 Å². The van der Waals surface area contributed by atoms with Crippen LogP contribution in [0, 0.1) is 0 Å². The lowest BCUT2D eigenvalue weighted by molar-refractivity contribution is 1.02. The number of amidine groups is 1. The Morgan fingerprint density at radius 2 is 2.31 bits per heavy atom. The summed E-state index contributed by atoms with van der Waals surface area (Å²) in [4.78, 5) is 6.58. The molecule has 0 saturated heterocycles. The van der Waals surface area contributed by atoms with Crippen molar-refractivity contribution in [2.45, 2.75) is 6.92 Å². The third-order valence-electron chi connectivity index (χ3n) is 2.17. The molecule has 0 aromatic heterocycles. The quantitative estimate of drug-likeness (QED) is 0.735. The van der Waals surface area contributed by atoms with Crippen molar-refractivity contribution >= 4 is 27.5 Å². The molecule has 0 amide bonds. The van der Waals surface area contributed by atoms with E-state index in [2.05, 4.69) is 38.0 Å². The van der Waals surface area contributed by atoms with Crippen LogP contribution in [0.1, 0.15) is 6.92 Å². The second-order valence-electron chi connectivity index (χ2n) is 3.06. The first-order valence-electron chi connectivity index (χ1n) is 4.31. The van der Waals surface area contributed by atoms with E-state index in [1.807, 2.05) is 19.1 Å². The Kier molecular flexibility index (Phi) is 2.36. The van der Waals surface area contributed by atoms with Gasteiger partial charge in [-0.1, -0.05) is 22.0 Å². The van der Waals surface area contributed by atoms with E-state index in [4.69, 9.17) is 0 Å². The molecule has 1 heterocycles. The highest BCUT2D eigenvalue weighted by Crippen LogP contribution is 2.21. The van der Waals surface area contributed by atoms with Gasteiger partial charge in [-0.3, -0.25) is 4.99 Å². The van der Waals surface area contributed by atoms with Gasteiger partial charge in [0.15, 0.2) is 0 Å². The number of nitrogens with zero attached hydrogens (tertiary/aromatic N) is 2. The maximum atomic E-state index is 4.35. The highest BCUT2D eigenvalue weighted by Gasteiger charge is 2.13. The van der Waals surface area contributed by atoms with Crippen LogP contribution in [0.25, 0.3) is 0 Å². The number of benzene rings is 1. The van der Waals surface area contributed by atoms with Gasteiger partial charge >= 0.3 is 0 Å². The molecule has 0 N–H and O–H groups in total. The first-order chi connectivity index (χ1) is 6.27. The van der Waals surface area contributed by atoms with Crippen molar-refractivity contribution in [1.82, 2.24) is 0 Å². The summed E-state index contributed by atoms with van der Waals surface area (Å²) in [5.74, 6) is 1.11. The summed E-state index contributed by atoms with van der Waals surface area (Å²) in [7, 11) is 0. The van der Waals surface area contributed by atoms with Gasteiger partial charge in [-0.05, 0) is 25.1 Å². The minimum absolute atomic E-state index is 0.915. The predicted molar refractivity (Wildman–Crippen MR) is 59.5 cm³/mol. The van der Waals surface area contributed by atoms with Gasteiger partial charge in [0.25, 0.3) is 0 Å². The van der Waals surface area contributed by atoms with Gasteiger partial charge in [0.05, 0.1) is 6.54 Å². The van der Waals surface area contributed by atoms with Gasteiger partial charge in [-0.25, -0.2) is 0 Å². The summed E-state index contributed by atoms with van der Waals surface area (Å²) in [6, 6.07) is 8.30. The Balaban J connectivity index is 2.30. The van der Waals surface area contributed by atoms with Gasteiger partial charge in [-0.2, -0.15) is 0 Å². The monoisotopic (exact) mass is 238 g/mol. The third kappa shape index (κ3) is 1.75. The average molecular weight is 239 g/mol. The number of anilines is 1. The second kappa shape index (κ2) is 3.50. The molecule has 1 aliphatic rings. The summed E-state index contributed by atoms with van der Waals surface area (Å²) in [5, 5.41) is 0. The Hall–Kier alpha value is -0.830. The summed E-state index contributed by atoms with van der Waals surface area (Å²) in [6.07, 6.45) is 0. The minimum atomic E-state index is 0.915. The van der Waals surface area contributed by atoms with Crippen molar-refractivity contribution in [3.8, 4) is 0 Å². The molecular formula is C10H11BrN2. The fourth-order valence-corrected chi connectivity index (χ4v) is 1.91. The van der Waals surface area contributed by atoms with Crippen LogP contribution in [0.15, 0.2) is 33.7 Å². The van der Waals surface area contributed by atoms with Gasteiger partial charge in [-0.15, -0.1) is 0 Å². The fraction of sp³-hybridized carbons (Fsp3) is 0.300. The van der Waals surface area contributed by atoms with Crippen molar-refractivity contribution in [3.63, 3.8) is 0 Å². The average Bonchev–Trinajstić information content (AvgIpc) is 2.51. The van der Waals surface area contributed by atoms with Crippen molar-refractivity contribution in [3.05, 3.63) is 28.7 Å². The molecule has 13 heavy (non-hydrogen) atoms. The molecule has 0 bridgehead atoms. The Bertz CT molecular complexity index is 347. The summed E-state index contributed by atoms with van der Waals surface area (Å²) >= 11 is 3.46.